The highest BCUT2D eigenvalue weighted by Crippen LogP contribution is 2.16. The molecule has 0 unspecified atom stereocenters. The number of furan rings is 1. The van der Waals surface area contributed by atoms with Crippen molar-refractivity contribution in [1.82, 2.24) is 4.90 Å². The molecule has 0 fully saturated rings. The summed E-state index contributed by atoms with van der Waals surface area (Å²) in [5, 5.41) is 8.95. The first kappa shape index (κ1) is 13.8. The number of carboxylic acid groups (broad SMARTS) is 1. The minimum absolute atomic E-state index is 0.271. The smallest absolute Gasteiger partial charge is 0.339 e. The van der Waals surface area contributed by atoms with Crippen LogP contribution in [0, 0.1) is 6.92 Å². The van der Waals surface area contributed by atoms with E-state index in [9.17, 15) is 4.79 Å². The van der Waals surface area contributed by atoms with Crippen LogP contribution in [-0.4, -0.2) is 29.1 Å². The van der Waals surface area contributed by atoms with Crippen LogP contribution in [0.4, 0.5) is 0 Å². The summed E-state index contributed by atoms with van der Waals surface area (Å²) in [4.78, 5) is 13.2. The van der Waals surface area contributed by atoms with E-state index in [2.05, 4.69) is 18.7 Å². The van der Waals surface area contributed by atoms with Gasteiger partial charge in [0.05, 0.1) is 6.54 Å². The third-order valence-corrected chi connectivity index (χ3v) is 2.66. The van der Waals surface area contributed by atoms with E-state index < -0.39 is 5.97 Å². The molecular formula is C13H21NO3. The van der Waals surface area contributed by atoms with E-state index in [-0.39, 0.29) is 5.56 Å². The Labute approximate surface area is 102 Å². The van der Waals surface area contributed by atoms with E-state index >= 15 is 0 Å². The van der Waals surface area contributed by atoms with Gasteiger partial charge in [-0.05, 0) is 38.9 Å². The molecule has 1 N–H and O–H groups in total. The van der Waals surface area contributed by atoms with Gasteiger partial charge in [0.1, 0.15) is 17.1 Å². The van der Waals surface area contributed by atoms with Crippen molar-refractivity contribution in [3.05, 3.63) is 23.2 Å². The fourth-order valence-electron chi connectivity index (χ4n) is 1.96. The predicted molar refractivity (Wildman–Crippen MR) is 66.3 cm³/mol. The topological polar surface area (TPSA) is 53.7 Å². The van der Waals surface area contributed by atoms with Crippen LogP contribution in [-0.2, 0) is 6.54 Å². The van der Waals surface area contributed by atoms with Crippen LogP contribution in [0.2, 0.25) is 0 Å². The zero-order valence-corrected chi connectivity index (χ0v) is 10.8. The zero-order chi connectivity index (χ0) is 12.8. The van der Waals surface area contributed by atoms with Gasteiger partial charge in [-0.25, -0.2) is 4.79 Å². The SMILES string of the molecule is CCCN(CCC)Cc1cc(C(=O)O)c(C)o1. The fourth-order valence-corrected chi connectivity index (χ4v) is 1.96. The second-order valence-corrected chi connectivity index (χ2v) is 4.26. The maximum absolute atomic E-state index is 10.9. The highest BCUT2D eigenvalue weighted by molar-refractivity contribution is 5.88. The standard InChI is InChI=1S/C13H21NO3/c1-4-6-14(7-5-2)9-11-8-12(13(15)16)10(3)17-11/h8H,4-7,9H2,1-3H3,(H,15,16). The van der Waals surface area contributed by atoms with Crippen LogP contribution < -0.4 is 0 Å². The Morgan fingerprint density at radius 1 is 1.35 bits per heavy atom. The molecule has 0 saturated heterocycles. The summed E-state index contributed by atoms with van der Waals surface area (Å²) in [6.45, 7) is 8.68. The van der Waals surface area contributed by atoms with Crippen LogP contribution in [0.5, 0.6) is 0 Å². The van der Waals surface area contributed by atoms with E-state index in [4.69, 9.17) is 9.52 Å². The Morgan fingerprint density at radius 2 is 1.94 bits per heavy atom. The van der Waals surface area contributed by atoms with Crippen molar-refractivity contribution in [1.29, 1.82) is 0 Å². The van der Waals surface area contributed by atoms with Gasteiger partial charge in [0, 0.05) is 0 Å². The summed E-state index contributed by atoms with van der Waals surface area (Å²) < 4.78 is 5.48. The Balaban J connectivity index is 2.72. The van der Waals surface area contributed by atoms with Crippen molar-refractivity contribution in [3.63, 3.8) is 0 Å². The van der Waals surface area contributed by atoms with Gasteiger partial charge in [-0.3, -0.25) is 4.90 Å². The van der Waals surface area contributed by atoms with Crippen LogP contribution in [0.3, 0.4) is 0 Å². The van der Waals surface area contributed by atoms with Gasteiger partial charge in [-0.15, -0.1) is 0 Å². The van der Waals surface area contributed by atoms with Gasteiger partial charge in [-0.1, -0.05) is 13.8 Å². The van der Waals surface area contributed by atoms with Crippen LogP contribution in [0.25, 0.3) is 0 Å². The normalized spacial score (nSPS) is 11.1. The molecule has 0 atom stereocenters. The van der Waals surface area contributed by atoms with Crippen LogP contribution in [0.15, 0.2) is 10.5 Å². The molecule has 4 heteroatoms. The lowest BCUT2D eigenvalue weighted by Crippen LogP contribution is -2.24. The molecule has 4 nitrogen and oxygen atoms in total. The lowest BCUT2D eigenvalue weighted by atomic mass is 10.2. The van der Waals surface area contributed by atoms with Gasteiger partial charge in [0.2, 0.25) is 0 Å². The van der Waals surface area contributed by atoms with Crippen LogP contribution >= 0.6 is 0 Å². The van der Waals surface area contributed by atoms with Crippen molar-refractivity contribution >= 4 is 5.97 Å². The van der Waals surface area contributed by atoms with Gasteiger partial charge in [0.15, 0.2) is 0 Å². The van der Waals surface area contributed by atoms with E-state index in [1.165, 1.54) is 0 Å². The first-order valence-corrected chi connectivity index (χ1v) is 6.13. The van der Waals surface area contributed by atoms with Gasteiger partial charge >= 0.3 is 5.97 Å². The van der Waals surface area contributed by atoms with Crippen molar-refractivity contribution in [3.8, 4) is 0 Å². The summed E-state index contributed by atoms with van der Waals surface area (Å²) in [5.41, 5.74) is 0.271. The number of aryl methyl sites for hydroxylation is 1. The second kappa shape index (κ2) is 6.45. The Hall–Kier alpha value is -1.29. The average molecular weight is 239 g/mol. The van der Waals surface area contributed by atoms with Crippen molar-refractivity contribution in [2.24, 2.45) is 0 Å². The number of carbonyl (C=O) groups is 1. The third kappa shape index (κ3) is 3.89. The van der Waals surface area contributed by atoms with E-state index in [0.29, 0.717) is 12.3 Å². The maximum Gasteiger partial charge on any atom is 0.339 e. The number of nitrogens with zero attached hydrogens (tertiary/aromatic N) is 1. The molecule has 17 heavy (non-hydrogen) atoms. The summed E-state index contributed by atoms with van der Waals surface area (Å²) in [5.74, 6) is 0.303. The first-order chi connectivity index (χ1) is 8.08. The van der Waals surface area contributed by atoms with E-state index in [1.54, 1.807) is 13.0 Å². The predicted octanol–water partition coefficient (Wildman–Crippen LogP) is 2.91. The van der Waals surface area contributed by atoms with E-state index in [0.717, 1.165) is 31.7 Å². The summed E-state index contributed by atoms with van der Waals surface area (Å²) in [7, 11) is 0. The van der Waals surface area contributed by atoms with Gasteiger partial charge in [-0.2, -0.15) is 0 Å². The summed E-state index contributed by atoms with van der Waals surface area (Å²) in [6.07, 6.45) is 2.18. The van der Waals surface area contributed by atoms with Crippen molar-refractivity contribution < 1.29 is 14.3 Å². The number of aromatic carboxylic acids is 1. The Morgan fingerprint density at radius 3 is 2.35 bits per heavy atom. The number of hydrogen-bond donors (Lipinski definition) is 1. The molecule has 96 valence electrons. The largest absolute Gasteiger partial charge is 0.478 e. The molecule has 1 rings (SSSR count). The number of rotatable bonds is 7. The molecule has 0 saturated carbocycles. The molecule has 1 aromatic rings. The van der Waals surface area contributed by atoms with Gasteiger partial charge < -0.3 is 9.52 Å². The molecule has 0 bridgehead atoms. The highest BCUT2D eigenvalue weighted by atomic mass is 16.4. The molecule has 0 spiro atoms. The minimum Gasteiger partial charge on any atom is -0.478 e. The Kier molecular flexibility index (Phi) is 5.22. The quantitative estimate of drug-likeness (QED) is 0.795. The lowest BCUT2D eigenvalue weighted by molar-refractivity contribution is 0.0695. The highest BCUT2D eigenvalue weighted by Gasteiger charge is 2.15. The molecule has 0 aliphatic carbocycles. The molecular weight excluding hydrogens is 218 g/mol. The second-order valence-electron chi connectivity index (χ2n) is 4.26. The molecule has 0 aliphatic rings. The Bertz CT molecular complexity index is 365. The number of hydrogen-bond acceptors (Lipinski definition) is 3. The van der Waals surface area contributed by atoms with E-state index in [1.807, 2.05) is 0 Å². The minimum atomic E-state index is -0.921. The van der Waals surface area contributed by atoms with Crippen LogP contribution in [0.1, 0.15) is 48.6 Å². The molecule has 1 heterocycles. The average Bonchev–Trinajstić information content (AvgIpc) is 2.60. The van der Waals surface area contributed by atoms with Crippen molar-refractivity contribution in [2.45, 2.75) is 40.2 Å². The summed E-state index contributed by atoms with van der Waals surface area (Å²) in [6, 6.07) is 1.63. The molecule has 0 aromatic carbocycles. The molecule has 1 aromatic heterocycles. The zero-order valence-electron chi connectivity index (χ0n) is 10.8. The molecule has 0 radical (unpaired) electrons. The van der Waals surface area contributed by atoms with Gasteiger partial charge in [0.25, 0.3) is 0 Å². The third-order valence-electron chi connectivity index (χ3n) is 2.66. The number of carboxylic acids is 1. The molecule has 0 amide bonds. The monoisotopic (exact) mass is 239 g/mol. The molecule has 0 aliphatic heterocycles. The van der Waals surface area contributed by atoms with Crippen molar-refractivity contribution in [2.75, 3.05) is 13.1 Å². The lowest BCUT2D eigenvalue weighted by Gasteiger charge is -2.19. The fraction of sp³-hybridized carbons (Fsp3) is 0.615. The first-order valence-electron chi connectivity index (χ1n) is 6.13. The summed E-state index contributed by atoms with van der Waals surface area (Å²) >= 11 is 0. The maximum atomic E-state index is 10.9.